The molecule has 4 nitrogen and oxygen atoms in total. The van der Waals surface area contributed by atoms with Crippen molar-refractivity contribution < 1.29 is 0 Å². The summed E-state index contributed by atoms with van der Waals surface area (Å²) in [5.41, 5.74) is 1.26. The molecule has 0 bridgehead atoms. The molecule has 0 saturated heterocycles. The van der Waals surface area contributed by atoms with Crippen molar-refractivity contribution in [2.75, 3.05) is 0 Å². The minimum Gasteiger partial charge on any atom is -0.320 e. The van der Waals surface area contributed by atoms with Gasteiger partial charge in [-0.05, 0) is 24.6 Å². The van der Waals surface area contributed by atoms with Crippen LogP contribution in [0.1, 0.15) is 24.4 Å². The van der Waals surface area contributed by atoms with Crippen molar-refractivity contribution in [3.05, 3.63) is 46.5 Å². The summed E-state index contributed by atoms with van der Waals surface area (Å²) in [5.74, 6) is 0.939. The van der Waals surface area contributed by atoms with E-state index in [2.05, 4.69) is 62.6 Å². The highest BCUT2D eigenvalue weighted by molar-refractivity contribution is 9.10. The van der Waals surface area contributed by atoms with Crippen molar-refractivity contribution in [2.45, 2.75) is 19.5 Å². The first-order valence-electron chi connectivity index (χ1n) is 5.48. The predicted octanol–water partition coefficient (Wildman–Crippen LogP) is 2.43. The van der Waals surface area contributed by atoms with E-state index in [1.54, 1.807) is 6.33 Å². The highest BCUT2D eigenvalue weighted by atomic mass is 79.9. The molecule has 0 aliphatic rings. The summed E-state index contributed by atoms with van der Waals surface area (Å²) < 4.78 is 3.02. The molecular formula is C12H15BrN4. The second kappa shape index (κ2) is 5.42. The van der Waals surface area contributed by atoms with Gasteiger partial charge in [-0.2, -0.15) is 0 Å². The zero-order valence-electron chi connectivity index (χ0n) is 9.89. The van der Waals surface area contributed by atoms with Gasteiger partial charge in [0, 0.05) is 17.6 Å². The molecule has 1 heterocycles. The van der Waals surface area contributed by atoms with E-state index in [9.17, 15) is 0 Å². The summed E-state index contributed by atoms with van der Waals surface area (Å²) in [6.45, 7) is 2.85. The number of rotatable bonds is 4. The van der Waals surface area contributed by atoms with Gasteiger partial charge in [-0.25, -0.2) is 0 Å². The van der Waals surface area contributed by atoms with Crippen LogP contribution in [0.2, 0.25) is 0 Å². The third-order valence-corrected chi connectivity index (χ3v) is 3.27. The fraction of sp³-hybridized carbons (Fsp3) is 0.333. The number of hydrogen-bond acceptors (Lipinski definition) is 3. The zero-order chi connectivity index (χ0) is 12.3. The van der Waals surface area contributed by atoms with Crippen LogP contribution in [-0.2, 0) is 13.6 Å². The number of nitrogens with one attached hydrogen (secondary N) is 1. The van der Waals surface area contributed by atoms with Gasteiger partial charge in [0.2, 0.25) is 0 Å². The molecule has 1 N–H and O–H groups in total. The molecule has 1 unspecified atom stereocenters. The first kappa shape index (κ1) is 12.3. The summed E-state index contributed by atoms with van der Waals surface area (Å²) in [7, 11) is 1.95. The molecule has 0 radical (unpaired) electrons. The molecule has 0 aliphatic carbocycles. The summed E-state index contributed by atoms with van der Waals surface area (Å²) in [6, 6.07) is 8.61. The maximum absolute atomic E-state index is 4.04. The molecule has 0 amide bonds. The van der Waals surface area contributed by atoms with Crippen LogP contribution >= 0.6 is 15.9 Å². The van der Waals surface area contributed by atoms with Crippen molar-refractivity contribution in [1.82, 2.24) is 20.1 Å². The fourth-order valence-corrected chi connectivity index (χ4v) is 1.85. The largest absolute Gasteiger partial charge is 0.320 e. The zero-order valence-corrected chi connectivity index (χ0v) is 11.5. The first-order chi connectivity index (χ1) is 8.16. The SMILES string of the molecule is CC(NCc1nncn1C)c1ccc(Br)cc1. The van der Waals surface area contributed by atoms with Crippen LogP contribution in [0.25, 0.3) is 0 Å². The average Bonchev–Trinajstić information content (AvgIpc) is 2.73. The van der Waals surface area contributed by atoms with Gasteiger partial charge in [-0.3, -0.25) is 0 Å². The smallest absolute Gasteiger partial charge is 0.146 e. The summed E-state index contributed by atoms with van der Waals surface area (Å²) in [4.78, 5) is 0. The molecule has 0 aliphatic heterocycles. The molecule has 0 fully saturated rings. The standard InChI is InChI=1S/C12H15BrN4/c1-9(10-3-5-11(13)6-4-10)14-7-12-16-15-8-17(12)2/h3-6,8-9,14H,7H2,1-2H3. The van der Waals surface area contributed by atoms with E-state index in [-0.39, 0.29) is 0 Å². The Bertz CT molecular complexity index is 478. The van der Waals surface area contributed by atoms with Crippen LogP contribution in [0, 0.1) is 0 Å². The van der Waals surface area contributed by atoms with Gasteiger partial charge in [-0.1, -0.05) is 28.1 Å². The third-order valence-electron chi connectivity index (χ3n) is 2.74. The number of aryl methyl sites for hydroxylation is 1. The molecule has 1 aromatic carbocycles. The van der Waals surface area contributed by atoms with E-state index in [1.165, 1.54) is 5.56 Å². The van der Waals surface area contributed by atoms with E-state index >= 15 is 0 Å². The van der Waals surface area contributed by atoms with Crippen LogP contribution in [-0.4, -0.2) is 14.8 Å². The minimum atomic E-state index is 0.291. The maximum Gasteiger partial charge on any atom is 0.146 e. The Balaban J connectivity index is 1.95. The highest BCUT2D eigenvalue weighted by Crippen LogP contribution is 2.16. The van der Waals surface area contributed by atoms with Gasteiger partial charge in [0.25, 0.3) is 0 Å². The van der Waals surface area contributed by atoms with Crippen LogP contribution in [0.4, 0.5) is 0 Å². The molecule has 0 saturated carbocycles. The number of hydrogen-bond donors (Lipinski definition) is 1. The van der Waals surface area contributed by atoms with Crippen molar-refractivity contribution in [3.8, 4) is 0 Å². The molecule has 0 spiro atoms. The lowest BCUT2D eigenvalue weighted by Gasteiger charge is -2.13. The van der Waals surface area contributed by atoms with Crippen molar-refractivity contribution >= 4 is 15.9 Å². The molecule has 2 aromatic rings. The molecule has 5 heteroatoms. The molecule has 17 heavy (non-hydrogen) atoms. The summed E-state index contributed by atoms with van der Waals surface area (Å²) >= 11 is 3.43. The number of halogens is 1. The van der Waals surface area contributed by atoms with Crippen LogP contribution in [0.5, 0.6) is 0 Å². The molecule has 1 atom stereocenters. The predicted molar refractivity (Wildman–Crippen MR) is 70.4 cm³/mol. The van der Waals surface area contributed by atoms with Crippen LogP contribution in [0.15, 0.2) is 35.1 Å². The minimum absolute atomic E-state index is 0.291. The second-order valence-corrected chi connectivity index (χ2v) is 4.93. The van der Waals surface area contributed by atoms with E-state index in [0.717, 1.165) is 10.3 Å². The fourth-order valence-electron chi connectivity index (χ4n) is 1.58. The van der Waals surface area contributed by atoms with Crippen LogP contribution < -0.4 is 5.32 Å². The quantitative estimate of drug-likeness (QED) is 0.942. The van der Waals surface area contributed by atoms with E-state index < -0.39 is 0 Å². The molecule has 1 aromatic heterocycles. The molecule has 90 valence electrons. The Hall–Kier alpha value is -1.20. The van der Waals surface area contributed by atoms with Gasteiger partial charge in [0.15, 0.2) is 0 Å². The lowest BCUT2D eigenvalue weighted by atomic mass is 10.1. The normalized spacial score (nSPS) is 12.6. The number of benzene rings is 1. The number of nitrogens with zero attached hydrogens (tertiary/aromatic N) is 3. The topological polar surface area (TPSA) is 42.7 Å². The van der Waals surface area contributed by atoms with Crippen molar-refractivity contribution in [1.29, 1.82) is 0 Å². The van der Waals surface area contributed by atoms with E-state index in [4.69, 9.17) is 0 Å². The summed E-state index contributed by atoms with van der Waals surface area (Å²) in [6.07, 6.45) is 1.71. The Morgan fingerprint density at radius 1 is 1.35 bits per heavy atom. The lowest BCUT2D eigenvalue weighted by Crippen LogP contribution is -2.20. The Morgan fingerprint density at radius 3 is 2.65 bits per heavy atom. The third kappa shape index (κ3) is 3.14. The lowest BCUT2D eigenvalue weighted by molar-refractivity contribution is 0.548. The van der Waals surface area contributed by atoms with Gasteiger partial charge in [0.1, 0.15) is 12.2 Å². The Labute approximate surface area is 109 Å². The van der Waals surface area contributed by atoms with Crippen molar-refractivity contribution in [3.63, 3.8) is 0 Å². The first-order valence-corrected chi connectivity index (χ1v) is 6.28. The average molecular weight is 295 g/mol. The Morgan fingerprint density at radius 2 is 2.06 bits per heavy atom. The van der Waals surface area contributed by atoms with Crippen LogP contribution in [0.3, 0.4) is 0 Å². The van der Waals surface area contributed by atoms with E-state index in [1.807, 2.05) is 11.6 Å². The molecule has 2 rings (SSSR count). The van der Waals surface area contributed by atoms with Gasteiger partial charge in [0.05, 0.1) is 6.54 Å². The summed E-state index contributed by atoms with van der Waals surface area (Å²) in [5, 5.41) is 11.3. The second-order valence-electron chi connectivity index (χ2n) is 4.01. The Kier molecular flexibility index (Phi) is 3.91. The highest BCUT2D eigenvalue weighted by Gasteiger charge is 2.06. The van der Waals surface area contributed by atoms with Gasteiger partial charge in [-0.15, -0.1) is 10.2 Å². The van der Waals surface area contributed by atoms with E-state index in [0.29, 0.717) is 12.6 Å². The van der Waals surface area contributed by atoms with Gasteiger partial charge < -0.3 is 9.88 Å². The molecular weight excluding hydrogens is 280 g/mol. The van der Waals surface area contributed by atoms with Crippen molar-refractivity contribution in [2.24, 2.45) is 7.05 Å². The number of aromatic nitrogens is 3. The van der Waals surface area contributed by atoms with Gasteiger partial charge >= 0.3 is 0 Å². The monoisotopic (exact) mass is 294 g/mol. The maximum atomic E-state index is 4.04.